The summed E-state index contributed by atoms with van der Waals surface area (Å²) in [5, 5.41) is 17.9. The normalized spacial score (nSPS) is 10.6. The van der Waals surface area contributed by atoms with Crippen LogP contribution in [0.2, 0.25) is 10.2 Å². The van der Waals surface area contributed by atoms with Crippen molar-refractivity contribution in [3.8, 4) is 0 Å². The van der Waals surface area contributed by atoms with E-state index in [4.69, 9.17) is 23.2 Å². The minimum absolute atomic E-state index is 0.0453. The van der Waals surface area contributed by atoms with Crippen LogP contribution in [0.15, 0.2) is 59.7 Å². The molecule has 0 fully saturated rings. The maximum atomic E-state index is 12.6. The maximum absolute atomic E-state index is 12.6. The van der Waals surface area contributed by atoms with Gasteiger partial charge < -0.3 is 15.8 Å². The smallest absolute Gasteiger partial charge is 0.294 e. The summed E-state index contributed by atoms with van der Waals surface area (Å²) in [6, 6.07) is 12.2. The third-order valence-corrected chi connectivity index (χ3v) is 4.80. The van der Waals surface area contributed by atoms with Gasteiger partial charge in [-0.05, 0) is 17.7 Å². The molecular formula is C20H19Cl2N5O3. The van der Waals surface area contributed by atoms with Crippen LogP contribution < -0.4 is 20.9 Å². The van der Waals surface area contributed by atoms with Crippen LogP contribution in [0, 0.1) is 5.21 Å². The fourth-order valence-corrected chi connectivity index (χ4v) is 3.15. The Morgan fingerprint density at radius 3 is 2.80 bits per heavy atom. The van der Waals surface area contributed by atoms with Crippen LogP contribution in [0.25, 0.3) is 0 Å². The van der Waals surface area contributed by atoms with Crippen molar-refractivity contribution in [2.45, 2.75) is 19.5 Å². The summed E-state index contributed by atoms with van der Waals surface area (Å²) in [7, 11) is 0. The highest BCUT2D eigenvalue weighted by atomic mass is 35.5. The second-order valence-corrected chi connectivity index (χ2v) is 7.25. The summed E-state index contributed by atoms with van der Waals surface area (Å²) >= 11 is 12.0. The number of nitrogens with zero attached hydrogens (tertiary/aromatic N) is 3. The number of hydrogen-bond acceptors (Lipinski definition) is 5. The molecule has 10 heteroatoms. The number of amides is 1. The van der Waals surface area contributed by atoms with E-state index in [1.807, 2.05) is 6.07 Å². The minimum atomic E-state index is -0.525. The maximum Gasteiger partial charge on any atom is 0.294 e. The number of nitrogens with one attached hydrogen (secondary N) is 2. The quantitative estimate of drug-likeness (QED) is 0.406. The summed E-state index contributed by atoms with van der Waals surface area (Å²) in [5.74, 6) is -0.330. The third kappa shape index (κ3) is 5.71. The Hall–Kier alpha value is -3.10. The Bertz CT molecular complexity index is 1100. The molecule has 2 aromatic heterocycles. The Kier molecular flexibility index (Phi) is 7.26. The fraction of sp³-hybridized carbons (Fsp3) is 0.200. The number of carbonyl (C=O) groups is 1. The lowest BCUT2D eigenvalue weighted by Crippen LogP contribution is -2.34. The molecule has 0 aliphatic rings. The van der Waals surface area contributed by atoms with Gasteiger partial charge in [0.25, 0.3) is 5.56 Å². The van der Waals surface area contributed by atoms with Crippen LogP contribution in [0.5, 0.6) is 0 Å². The van der Waals surface area contributed by atoms with Crippen molar-refractivity contribution in [1.29, 1.82) is 0 Å². The molecule has 0 saturated heterocycles. The molecule has 0 unspecified atom stereocenters. The molecule has 0 saturated carbocycles. The highest BCUT2D eigenvalue weighted by Gasteiger charge is 2.13. The van der Waals surface area contributed by atoms with E-state index in [0.717, 1.165) is 14.9 Å². The van der Waals surface area contributed by atoms with E-state index in [1.165, 1.54) is 12.4 Å². The molecule has 8 nitrogen and oxygen atoms in total. The number of hydrogen-bond donors (Lipinski definition) is 2. The molecule has 0 bridgehead atoms. The van der Waals surface area contributed by atoms with Crippen molar-refractivity contribution in [2.24, 2.45) is 0 Å². The number of rotatable bonds is 8. The predicted molar refractivity (Wildman–Crippen MR) is 114 cm³/mol. The first-order valence-corrected chi connectivity index (χ1v) is 9.87. The summed E-state index contributed by atoms with van der Waals surface area (Å²) < 4.78 is 1.89. The zero-order valence-corrected chi connectivity index (χ0v) is 17.4. The van der Waals surface area contributed by atoms with Crippen molar-refractivity contribution in [1.82, 2.24) is 14.9 Å². The summed E-state index contributed by atoms with van der Waals surface area (Å²) in [6.45, 7) is 0.333. The van der Waals surface area contributed by atoms with Gasteiger partial charge in [-0.3, -0.25) is 14.2 Å². The van der Waals surface area contributed by atoms with Crippen molar-refractivity contribution in [3.05, 3.63) is 91.9 Å². The van der Waals surface area contributed by atoms with Gasteiger partial charge in [0.05, 0.1) is 12.6 Å². The minimum Gasteiger partial charge on any atom is -0.619 e. The number of benzene rings is 1. The predicted octanol–water partition coefficient (Wildman–Crippen LogP) is 2.15. The Morgan fingerprint density at radius 1 is 1.20 bits per heavy atom. The molecule has 2 heterocycles. The first-order valence-electron chi connectivity index (χ1n) is 9.11. The largest absolute Gasteiger partial charge is 0.619 e. The molecule has 156 valence electrons. The lowest BCUT2D eigenvalue weighted by atomic mass is 10.2. The Morgan fingerprint density at radius 2 is 2.03 bits per heavy atom. The number of carbonyl (C=O) groups excluding carboxylic acids is 1. The molecule has 0 radical (unpaired) electrons. The summed E-state index contributed by atoms with van der Waals surface area (Å²) in [4.78, 5) is 28.9. The number of anilines is 1. The van der Waals surface area contributed by atoms with Crippen LogP contribution in [0.1, 0.15) is 11.3 Å². The van der Waals surface area contributed by atoms with E-state index in [9.17, 15) is 14.8 Å². The van der Waals surface area contributed by atoms with Gasteiger partial charge in [0.2, 0.25) is 5.91 Å². The van der Waals surface area contributed by atoms with E-state index in [0.29, 0.717) is 23.7 Å². The Labute approximate surface area is 182 Å². The van der Waals surface area contributed by atoms with Gasteiger partial charge in [-0.15, -0.1) is 0 Å². The average Bonchev–Trinajstić information content (AvgIpc) is 2.72. The van der Waals surface area contributed by atoms with Crippen molar-refractivity contribution < 1.29 is 9.52 Å². The Balaban J connectivity index is 1.61. The lowest BCUT2D eigenvalue weighted by Gasteiger charge is -2.12. The zero-order chi connectivity index (χ0) is 21.5. The fourth-order valence-electron chi connectivity index (χ4n) is 2.75. The highest BCUT2D eigenvalue weighted by Crippen LogP contribution is 2.10. The summed E-state index contributed by atoms with van der Waals surface area (Å²) in [6.07, 6.45) is 3.10. The molecule has 0 spiro atoms. The zero-order valence-electron chi connectivity index (χ0n) is 15.8. The van der Waals surface area contributed by atoms with Gasteiger partial charge in [0.1, 0.15) is 11.7 Å². The van der Waals surface area contributed by atoms with Crippen LogP contribution in [-0.2, 0) is 24.3 Å². The molecule has 0 atom stereocenters. The molecule has 1 amide bonds. The van der Waals surface area contributed by atoms with Gasteiger partial charge in [-0.1, -0.05) is 41.4 Å². The topological polar surface area (TPSA) is 103 Å². The second kappa shape index (κ2) is 10.1. The lowest BCUT2D eigenvalue weighted by molar-refractivity contribution is -0.613. The highest BCUT2D eigenvalue weighted by molar-refractivity contribution is 6.30. The second-order valence-electron chi connectivity index (χ2n) is 6.42. The van der Waals surface area contributed by atoms with Crippen molar-refractivity contribution in [3.63, 3.8) is 0 Å². The molecule has 30 heavy (non-hydrogen) atoms. The number of pyridine rings is 1. The molecule has 0 aliphatic heterocycles. The van der Waals surface area contributed by atoms with Gasteiger partial charge >= 0.3 is 0 Å². The first kappa shape index (κ1) is 21.6. The van der Waals surface area contributed by atoms with Crippen LogP contribution in [0.4, 0.5) is 5.82 Å². The molecule has 0 aliphatic carbocycles. The van der Waals surface area contributed by atoms with Crippen LogP contribution in [0.3, 0.4) is 0 Å². The average molecular weight is 448 g/mol. The number of halogens is 2. The van der Waals surface area contributed by atoms with Gasteiger partial charge in [0, 0.05) is 30.2 Å². The van der Waals surface area contributed by atoms with E-state index in [1.54, 1.807) is 36.4 Å². The monoisotopic (exact) mass is 447 g/mol. The van der Waals surface area contributed by atoms with Gasteiger partial charge in [0.15, 0.2) is 17.7 Å². The standard InChI is InChI=1S/C20H19Cl2N5O3/c21-15-5-3-4-14(10-15)11-24-18(28)13-26-17(22)12-25-19(20(26)29)23-8-7-16-6-1-2-9-27(16)30/h1-6,9-10,12H,7-8,11,13H2,(H,23,25)(H,24,28). The third-order valence-electron chi connectivity index (χ3n) is 4.26. The molecule has 3 rings (SSSR count). The van der Waals surface area contributed by atoms with E-state index >= 15 is 0 Å². The van der Waals surface area contributed by atoms with Crippen molar-refractivity contribution >= 4 is 34.9 Å². The van der Waals surface area contributed by atoms with E-state index in [-0.39, 0.29) is 30.0 Å². The van der Waals surface area contributed by atoms with Gasteiger partial charge in [-0.2, -0.15) is 4.73 Å². The van der Waals surface area contributed by atoms with Crippen molar-refractivity contribution in [2.75, 3.05) is 11.9 Å². The van der Waals surface area contributed by atoms with E-state index < -0.39 is 5.56 Å². The summed E-state index contributed by atoms with van der Waals surface area (Å²) in [5.41, 5.74) is 0.867. The molecule has 1 aromatic carbocycles. The first-order chi connectivity index (χ1) is 14.4. The molecule has 3 aromatic rings. The van der Waals surface area contributed by atoms with Crippen LogP contribution in [-0.4, -0.2) is 22.0 Å². The van der Waals surface area contributed by atoms with E-state index in [2.05, 4.69) is 15.6 Å². The SMILES string of the molecule is O=C(Cn1c(Cl)cnc(NCCc2cccc[n+]2[O-])c1=O)NCc1cccc(Cl)c1. The molecule has 2 N–H and O–H groups in total. The van der Waals surface area contributed by atoms with Gasteiger partial charge in [-0.25, -0.2) is 4.98 Å². The molecular weight excluding hydrogens is 429 g/mol. The number of aromatic nitrogens is 3. The van der Waals surface area contributed by atoms with Crippen LogP contribution >= 0.6 is 23.2 Å².